The third-order valence-electron chi connectivity index (χ3n) is 4.19. The summed E-state index contributed by atoms with van der Waals surface area (Å²) in [5.74, 6) is 0.660. The third-order valence-corrected chi connectivity index (χ3v) is 4.49. The molecule has 1 aromatic rings. The maximum atomic E-state index is 6.48. The third kappa shape index (κ3) is 3.27. The zero-order valence-corrected chi connectivity index (χ0v) is 13.7. The molecule has 4 heteroatoms. The fraction of sp³-hybridized carbons (Fsp3) is 0.625. The second kappa shape index (κ2) is 6.79. The van der Waals surface area contributed by atoms with E-state index in [4.69, 9.17) is 11.6 Å². The van der Waals surface area contributed by atoms with Gasteiger partial charge >= 0.3 is 0 Å². The minimum atomic E-state index is 0.596. The molecular weight excluding hydrogens is 270 g/mol. The average Bonchev–Trinajstić information content (AvgIpc) is 2.78. The normalized spacial score (nSPS) is 22.8. The number of rotatable bonds is 5. The van der Waals surface area contributed by atoms with Crippen molar-refractivity contribution in [3.05, 3.63) is 28.8 Å². The van der Waals surface area contributed by atoms with E-state index < -0.39 is 0 Å². The molecule has 1 aliphatic rings. The molecule has 20 heavy (non-hydrogen) atoms. The van der Waals surface area contributed by atoms with Crippen LogP contribution in [0.3, 0.4) is 0 Å². The predicted octanol–water partition coefficient (Wildman–Crippen LogP) is 2.84. The van der Waals surface area contributed by atoms with E-state index in [9.17, 15) is 0 Å². The highest BCUT2D eigenvalue weighted by atomic mass is 35.5. The van der Waals surface area contributed by atoms with Gasteiger partial charge in [0.2, 0.25) is 0 Å². The summed E-state index contributed by atoms with van der Waals surface area (Å²) in [4.78, 5) is 4.77. The molecule has 2 atom stereocenters. The van der Waals surface area contributed by atoms with Crippen molar-refractivity contribution in [2.75, 3.05) is 38.6 Å². The Morgan fingerprint density at radius 1 is 1.35 bits per heavy atom. The summed E-state index contributed by atoms with van der Waals surface area (Å²) in [7, 11) is 4.33. The van der Waals surface area contributed by atoms with Crippen LogP contribution in [0.25, 0.3) is 0 Å². The zero-order valence-electron chi connectivity index (χ0n) is 13.0. The number of nitrogens with zero attached hydrogens (tertiary/aromatic N) is 2. The molecule has 0 saturated carbocycles. The van der Waals surface area contributed by atoms with Crippen molar-refractivity contribution in [3.63, 3.8) is 0 Å². The van der Waals surface area contributed by atoms with Gasteiger partial charge in [0.25, 0.3) is 0 Å². The van der Waals surface area contributed by atoms with Gasteiger partial charge in [-0.3, -0.25) is 0 Å². The van der Waals surface area contributed by atoms with E-state index in [1.165, 1.54) is 11.3 Å². The first kappa shape index (κ1) is 15.6. The van der Waals surface area contributed by atoms with E-state index in [0.29, 0.717) is 12.0 Å². The molecule has 3 nitrogen and oxygen atoms in total. The molecular formula is C16H26ClN3. The maximum Gasteiger partial charge on any atom is 0.0642 e. The molecule has 1 saturated heterocycles. The first-order valence-electron chi connectivity index (χ1n) is 7.44. The number of hydrogen-bond donors (Lipinski definition) is 1. The summed E-state index contributed by atoms with van der Waals surface area (Å²) >= 11 is 6.48. The summed E-state index contributed by atoms with van der Waals surface area (Å²) in [6.45, 7) is 8.44. The smallest absolute Gasteiger partial charge is 0.0642 e. The lowest BCUT2D eigenvalue weighted by Gasteiger charge is -2.25. The number of benzene rings is 1. The number of anilines is 1. The molecule has 0 bridgehead atoms. The molecule has 0 amide bonds. The molecule has 1 fully saturated rings. The Hall–Kier alpha value is -0.770. The monoisotopic (exact) mass is 295 g/mol. The van der Waals surface area contributed by atoms with Crippen molar-refractivity contribution in [3.8, 4) is 0 Å². The Morgan fingerprint density at radius 2 is 2.10 bits per heavy atom. The number of para-hydroxylation sites is 1. The number of likely N-dealkylation sites (N-methyl/N-ethyl adjacent to an activating group) is 1. The van der Waals surface area contributed by atoms with Gasteiger partial charge in [-0.1, -0.05) is 37.6 Å². The highest BCUT2D eigenvalue weighted by Gasteiger charge is 2.32. The first-order valence-corrected chi connectivity index (χ1v) is 7.81. The lowest BCUT2D eigenvalue weighted by molar-refractivity contribution is 0.266. The van der Waals surface area contributed by atoms with E-state index in [1.54, 1.807) is 0 Å². The number of nitrogens with one attached hydrogen (secondary N) is 1. The Bertz CT molecular complexity index is 447. The van der Waals surface area contributed by atoms with Gasteiger partial charge in [-0.25, -0.2) is 0 Å². The van der Waals surface area contributed by atoms with Crippen LogP contribution < -0.4 is 10.2 Å². The van der Waals surface area contributed by atoms with Crippen molar-refractivity contribution in [2.45, 2.75) is 26.4 Å². The highest BCUT2D eigenvalue weighted by Crippen LogP contribution is 2.34. The van der Waals surface area contributed by atoms with Crippen LogP contribution in [-0.2, 0) is 6.54 Å². The van der Waals surface area contributed by atoms with Crippen LogP contribution in [0.1, 0.15) is 19.4 Å². The second-order valence-corrected chi connectivity index (χ2v) is 6.35. The Balaban J connectivity index is 2.24. The molecule has 112 valence electrons. The van der Waals surface area contributed by atoms with Crippen LogP contribution in [0.15, 0.2) is 18.2 Å². The van der Waals surface area contributed by atoms with Crippen molar-refractivity contribution in [2.24, 2.45) is 5.92 Å². The Morgan fingerprint density at radius 3 is 2.70 bits per heavy atom. The minimum absolute atomic E-state index is 0.596. The SMILES string of the molecule is CCNCc1cccc(Cl)c1N1CC(C)C(N(C)C)C1. The molecule has 1 aliphatic heterocycles. The fourth-order valence-electron chi connectivity index (χ4n) is 3.12. The van der Waals surface area contributed by atoms with Gasteiger partial charge in [0.05, 0.1) is 10.7 Å². The molecule has 0 aliphatic carbocycles. The topological polar surface area (TPSA) is 18.5 Å². The van der Waals surface area contributed by atoms with Crippen LogP contribution in [0, 0.1) is 5.92 Å². The van der Waals surface area contributed by atoms with Crippen LogP contribution in [0.2, 0.25) is 5.02 Å². The minimum Gasteiger partial charge on any atom is -0.368 e. The van der Waals surface area contributed by atoms with Gasteiger partial charge in [0.1, 0.15) is 0 Å². The van der Waals surface area contributed by atoms with Crippen molar-refractivity contribution < 1.29 is 0 Å². The van der Waals surface area contributed by atoms with Gasteiger partial charge in [-0.2, -0.15) is 0 Å². The van der Waals surface area contributed by atoms with E-state index in [0.717, 1.165) is 31.2 Å². The van der Waals surface area contributed by atoms with Crippen LogP contribution in [0.5, 0.6) is 0 Å². The largest absolute Gasteiger partial charge is 0.368 e. The Kier molecular flexibility index (Phi) is 5.30. The molecule has 0 aromatic heterocycles. The molecule has 2 unspecified atom stereocenters. The highest BCUT2D eigenvalue weighted by molar-refractivity contribution is 6.33. The average molecular weight is 296 g/mol. The van der Waals surface area contributed by atoms with Crippen molar-refractivity contribution in [1.82, 2.24) is 10.2 Å². The van der Waals surface area contributed by atoms with Gasteiger partial charge in [-0.15, -0.1) is 0 Å². The van der Waals surface area contributed by atoms with Gasteiger partial charge in [0, 0.05) is 25.7 Å². The predicted molar refractivity (Wildman–Crippen MR) is 87.7 cm³/mol. The van der Waals surface area contributed by atoms with Crippen LogP contribution >= 0.6 is 11.6 Å². The van der Waals surface area contributed by atoms with Gasteiger partial charge < -0.3 is 15.1 Å². The molecule has 1 heterocycles. The summed E-state index contributed by atoms with van der Waals surface area (Å²) < 4.78 is 0. The second-order valence-electron chi connectivity index (χ2n) is 5.94. The summed E-state index contributed by atoms with van der Waals surface area (Å²) in [5, 5.41) is 4.27. The first-order chi connectivity index (χ1) is 9.54. The summed E-state index contributed by atoms with van der Waals surface area (Å²) in [6.07, 6.45) is 0. The van der Waals surface area contributed by atoms with E-state index in [2.05, 4.69) is 49.1 Å². The van der Waals surface area contributed by atoms with Crippen LogP contribution in [0.4, 0.5) is 5.69 Å². The van der Waals surface area contributed by atoms with E-state index in [-0.39, 0.29) is 0 Å². The summed E-state index contributed by atoms with van der Waals surface area (Å²) in [6, 6.07) is 6.82. The molecule has 2 rings (SSSR count). The van der Waals surface area contributed by atoms with Gasteiger partial charge in [0.15, 0.2) is 0 Å². The Labute approximate surface area is 127 Å². The number of hydrogen-bond acceptors (Lipinski definition) is 3. The fourth-order valence-corrected chi connectivity index (χ4v) is 3.43. The quantitative estimate of drug-likeness (QED) is 0.901. The number of halogens is 1. The lowest BCUT2D eigenvalue weighted by atomic mass is 10.1. The molecule has 1 aromatic carbocycles. The molecule has 0 radical (unpaired) electrons. The van der Waals surface area contributed by atoms with Crippen molar-refractivity contribution in [1.29, 1.82) is 0 Å². The lowest BCUT2D eigenvalue weighted by Crippen LogP contribution is -2.34. The zero-order chi connectivity index (χ0) is 14.7. The summed E-state index contributed by atoms with van der Waals surface area (Å²) in [5.41, 5.74) is 2.51. The van der Waals surface area contributed by atoms with Crippen LogP contribution in [-0.4, -0.2) is 44.7 Å². The maximum absolute atomic E-state index is 6.48. The standard InChI is InChI=1S/C16H26ClN3/c1-5-18-9-13-7-6-8-14(17)16(13)20-10-12(2)15(11-20)19(3)4/h6-8,12,15,18H,5,9-11H2,1-4H3. The van der Waals surface area contributed by atoms with Gasteiger partial charge in [-0.05, 0) is 38.2 Å². The van der Waals surface area contributed by atoms with E-state index in [1.807, 2.05) is 12.1 Å². The molecule has 1 N–H and O–H groups in total. The molecule has 0 spiro atoms. The van der Waals surface area contributed by atoms with E-state index >= 15 is 0 Å². The van der Waals surface area contributed by atoms with Crippen molar-refractivity contribution >= 4 is 17.3 Å².